The summed E-state index contributed by atoms with van der Waals surface area (Å²) >= 11 is 0. The summed E-state index contributed by atoms with van der Waals surface area (Å²) in [4.78, 5) is 0. The van der Waals surface area contributed by atoms with Crippen molar-refractivity contribution < 1.29 is 4.74 Å². The lowest BCUT2D eigenvalue weighted by Crippen LogP contribution is -2.47. The second kappa shape index (κ2) is 5.13. The van der Waals surface area contributed by atoms with Gasteiger partial charge < -0.3 is 10.5 Å². The zero-order valence-electron chi connectivity index (χ0n) is 9.88. The van der Waals surface area contributed by atoms with Crippen LogP contribution >= 0.6 is 0 Å². The molecule has 0 aromatic carbocycles. The number of nitrogens with two attached hydrogens (primary N) is 1. The minimum atomic E-state index is 0.00882. The average Bonchev–Trinajstić information content (AvgIpc) is 2.63. The van der Waals surface area contributed by atoms with Gasteiger partial charge in [0.25, 0.3) is 0 Å². The second-order valence-corrected chi connectivity index (χ2v) is 5.05. The molecule has 2 heteroatoms. The molecule has 1 fully saturated rings. The van der Waals surface area contributed by atoms with Crippen LogP contribution in [0.2, 0.25) is 0 Å². The van der Waals surface area contributed by atoms with Gasteiger partial charge in [-0.1, -0.05) is 26.7 Å². The Morgan fingerprint density at radius 2 is 1.79 bits per heavy atom. The van der Waals surface area contributed by atoms with Crippen molar-refractivity contribution in [3.05, 3.63) is 0 Å². The molecule has 0 spiro atoms. The molecule has 0 aliphatic heterocycles. The van der Waals surface area contributed by atoms with Gasteiger partial charge in [-0.3, -0.25) is 0 Å². The molecule has 0 saturated heterocycles. The lowest BCUT2D eigenvalue weighted by atomic mass is 9.88. The number of ether oxygens (including phenoxy) is 1. The summed E-state index contributed by atoms with van der Waals surface area (Å²) in [5, 5.41) is 0. The van der Waals surface area contributed by atoms with E-state index in [4.69, 9.17) is 10.5 Å². The maximum Gasteiger partial charge on any atom is 0.0828 e. The summed E-state index contributed by atoms with van der Waals surface area (Å²) in [6, 6.07) is 0.234. The van der Waals surface area contributed by atoms with Crippen molar-refractivity contribution in [3.63, 3.8) is 0 Å². The van der Waals surface area contributed by atoms with Gasteiger partial charge in [0.2, 0.25) is 0 Å². The molecule has 1 saturated carbocycles. The van der Waals surface area contributed by atoms with Crippen LogP contribution in [0, 0.1) is 5.92 Å². The van der Waals surface area contributed by atoms with Crippen molar-refractivity contribution in [3.8, 4) is 0 Å². The molecule has 2 N–H and O–H groups in total. The Bertz CT molecular complexity index is 162. The van der Waals surface area contributed by atoms with Crippen LogP contribution in [0.3, 0.4) is 0 Å². The Morgan fingerprint density at radius 3 is 2.21 bits per heavy atom. The number of hydrogen-bond acceptors (Lipinski definition) is 2. The maximum atomic E-state index is 6.25. The Balaban J connectivity index is 2.43. The van der Waals surface area contributed by atoms with Crippen molar-refractivity contribution in [2.45, 2.75) is 64.0 Å². The summed E-state index contributed by atoms with van der Waals surface area (Å²) in [5.41, 5.74) is 6.26. The molecule has 1 aliphatic rings. The molecule has 0 bridgehead atoms. The lowest BCUT2D eigenvalue weighted by molar-refractivity contribution is -0.0284. The highest BCUT2D eigenvalue weighted by Crippen LogP contribution is 2.36. The molecule has 0 aromatic heterocycles. The molecule has 0 aromatic rings. The molecule has 1 rings (SSSR count). The van der Waals surface area contributed by atoms with Crippen LogP contribution in [0.4, 0.5) is 0 Å². The Hall–Kier alpha value is -0.0800. The SMILES string of the molecule is COC1(C(N)CCC(C)C)CCCC1. The van der Waals surface area contributed by atoms with Crippen LogP contribution < -0.4 is 5.73 Å². The predicted molar refractivity (Wildman–Crippen MR) is 60.3 cm³/mol. The van der Waals surface area contributed by atoms with Gasteiger partial charge in [0.1, 0.15) is 0 Å². The van der Waals surface area contributed by atoms with Gasteiger partial charge in [0.15, 0.2) is 0 Å². The van der Waals surface area contributed by atoms with Gasteiger partial charge in [0, 0.05) is 13.2 Å². The van der Waals surface area contributed by atoms with Gasteiger partial charge in [-0.2, -0.15) is 0 Å². The molecule has 0 radical (unpaired) electrons. The molecule has 1 atom stereocenters. The highest BCUT2D eigenvalue weighted by molar-refractivity contribution is 4.95. The van der Waals surface area contributed by atoms with E-state index in [9.17, 15) is 0 Å². The summed E-state index contributed by atoms with van der Waals surface area (Å²) in [7, 11) is 1.82. The summed E-state index contributed by atoms with van der Waals surface area (Å²) in [5.74, 6) is 0.747. The summed E-state index contributed by atoms with van der Waals surface area (Å²) < 4.78 is 5.67. The van der Waals surface area contributed by atoms with Crippen molar-refractivity contribution in [2.75, 3.05) is 7.11 Å². The van der Waals surface area contributed by atoms with E-state index < -0.39 is 0 Å². The van der Waals surface area contributed by atoms with E-state index in [0.29, 0.717) is 0 Å². The van der Waals surface area contributed by atoms with E-state index in [1.165, 1.54) is 19.3 Å². The van der Waals surface area contributed by atoms with Gasteiger partial charge in [-0.05, 0) is 31.6 Å². The van der Waals surface area contributed by atoms with Crippen LogP contribution in [-0.2, 0) is 4.74 Å². The maximum absolute atomic E-state index is 6.25. The Labute approximate surface area is 88.2 Å². The standard InChI is InChI=1S/C12H25NO/c1-10(2)6-7-11(13)12(14-3)8-4-5-9-12/h10-11H,4-9,13H2,1-3H3. The van der Waals surface area contributed by atoms with Gasteiger partial charge in [0.05, 0.1) is 5.60 Å². The molecule has 2 nitrogen and oxygen atoms in total. The van der Waals surface area contributed by atoms with E-state index in [2.05, 4.69) is 13.8 Å². The fourth-order valence-corrected chi connectivity index (χ4v) is 2.48. The highest BCUT2D eigenvalue weighted by atomic mass is 16.5. The summed E-state index contributed by atoms with van der Waals surface area (Å²) in [6.07, 6.45) is 7.19. The van der Waals surface area contributed by atoms with Gasteiger partial charge in [-0.15, -0.1) is 0 Å². The third-order valence-corrected chi connectivity index (χ3v) is 3.59. The van der Waals surface area contributed by atoms with Crippen LogP contribution in [0.1, 0.15) is 52.4 Å². The van der Waals surface area contributed by atoms with Crippen LogP contribution in [-0.4, -0.2) is 18.8 Å². The highest BCUT2D eigenvalue weighted by Gasteiger charge is 2.39. The zero-order chi connectivity index (χ0) is 10.6. The average molecular weight is 199 g/mol. The Morgan fingerprint density at radius 1 is 1.21 bits per heavy atom. The van der Waals surface area contributed by atoms with Crippen molar-refractivity contribution in [1.29, 1.82) is 0 Å². The van der Waals surface area contributed by atoms with Crippen molar-refractivity contribution in [2.24, 2.45) is 11.7 Å². The van der Waals surface area contributed by atoms with Crippen molar-refractivity contribution in [1.82, 2.24) is 0 Å². The molecule has 84 valence electrons. The molecular formula is C12H25NO. The first-order valence-corrected chi connectivity index (χ1v) is 5.91. The quantitative estimate of drug-likeness (QED) is 0.739. The largest absolute Gasteiger partial charge is 0.377 e. The first-order valence-electron chi connectivity index (χ1n) is 5.91. The third-order valence-electron chi connectivity index (χ3n) is 3.59. The first-order chi connectivity index (χ1) is 6.60. The van der Waals surface area contributed by atoms with Gasteiger partial charge >= 0.3 is 0 Å². The summed E-state index contributed by atoms with van der Waals surface area (Å²) in [6.45, 7) is 4.50. The minimum Gasteiger partial charge on any atom is -0.377 e. The van der Waals surface area contributed by atoms with Gasteiger partial charge in [-0.25, -0.2) is 0 Å². The molecule has 0 heterocycles. The molecular weight excluding hydrogens is 174 g/mol. The third kappa shape index (κ3) is 2.71. The fraction of sp³-hybridized carbons (Fsp3) is 1.00. The second-order valence-electron chi connectivity index (χ2n) is 5.05. The monoisotopic (exact) mass is 199 g/mol. The van der Waals surface area contributed by atoms with Crippen LogP contribution in [0.5, 0.6) is 0 Å². The molecule has 0 amide bonds. The van der Waals surface area contributed by atoms with Crippen LogP contribution in [0.25, 0.3) is 0 Å². The number of rotatable bonds is 5. The Kier molecular flexibility index (Phi) is 4.39. The minimum absolute atomic E-state index is 0.00882. The normalized spacial score (nSPS) is 22.9. The van der Waals surface area contributed by atoms with E-state index in [1.807, 2.05) is 7.11 Å². The number of hydrogen-bond donors (Lipinski definition) is 1. The molecule has 1 unspecified atom stereocenters. The van der Waals surface area contributed by atoms with Crippen molar-refractivity contribution >= 4 is 0 Å². The zero-order valence-corrected chi connectivity index (χ0v) is 9.88. The fourth-order valence-electron chi connectivity index (χ4n) is 2.48. The first kappa shape index (κ1) is 12.0. The molecule has 14 heavy (non-hydrogen) atoms. The topological polar surface area (TPSA) is 35.2 Å². The predicted octanol–water partition coefficient (Wildman–Crippen LogP) is 2.71. The van der Waals surface area contributed by atoms with E-state index in [0.717, 1.165) is 25.2 Å². The molecule has 1 aliphatic carbocycles. The van der Waals surface area contributed by atoms with E-state index in [-0.39, 0.29) is 11.6 Å². The van der Waals surface area contributed by atoms with E-state index >= 15 is 0 Å². The van der Waals surface area contributed by atoms with Crippen LogP contribution in [0.15, 0.2) is 0 Å². The lowest BCUT2D eigenvalue weighted by Gasteiger charge is -2.34. The number of methoxy groups -OCH3 is 1. The smallest absolute Gasteiger partial charge is 0.0828 e. The van der Waals surface area contributed by atoms with E-state index in [1.54, 1.807) is 0 Å².